The highest BCUT2D eigenvalue weighted by atomic mass is 32.2. The van der Waals surface area contributed by atoms with Crippen LogP contribution < -0.4 is 10.6 Å². The number of thioether (sulfide) groups is 1. The molecule has 0 bridgehead atoms. The lowest BCUT2D eigenvalue weighted by Crippen LogP contribution is -2.37. The van der Waals surface area contributed by atoms with Crippen LogP contribution in [-0.4, -0.2) is 39.6 Å². The average Bonchev–Trinajstić information content (AvgIpc) is 3.32. The molecule has 0 spiro atoms. The SMILES string of the molecule is O=C(O)c1ccccc1CSc1nc(CNC(=O)C2CCNCC2)cn1Cc1cccc2ccccc12. The molecule has 1 aliphatic heterocycles. The van der Waals surface area contributed by atoms with Crippen molar-refractivity contribution in [3.05, 3.63) is 95.3 Å². The number of aromatic carboxylic acids is 1. The minimum Gasteiger partial charge on any atom is -0.478 e. The van der Waals surface area contributed by atoms with E-state index in [2.05, 4.69) is 45.5 Å². The van der Waals surface area contributed by atoms with Crippen LogP contribution in [0.15, 0.2) is 78.1 Å². The summed E-state index contributed by atoms with van der Waals surface area (Å²) in [4.78, 5) is 29.2. The van der Waals surface area contributed by atoms with E-state index in [0.717, 1.165) is 42.3 Å². The number of nitrogens with zero attached hydrogens (tertiary/aromatic N) is 2. The summed E-state index contributed by atoms with van der Waals surface area (Å²) >= 11 is 1.51. The summed E-state index contributed by atoms with van der Waals surface area (Å²) in [6, 6.07) is 21.6. The second kappa shape index (κ2) is 11.6. The lowest BCUT2D eigenvalue weighted by molar-refractivity contribution is -0.125. The van der Waals surface area contributed by atoms with Gasteiger partial charge in [0.25, 0.3) is 0 Å². The van der Waals surface area contributed by atoms with E-state index in [1.165, 1.54) is 28.1 Å². The number of fused-ring (bicyclic) bond motifs is 1. The number of carbonyl (C=O) groups is 2. The lowest BCUT2D eigenvalue weighted by atomic mass is 9.97. The van der Waals surface area contributed by atoms with Crippen molar-refractivity contribution in [1.82, 2.24) is 20.2 Å². The zero-order valence-electron chi connectivity index (χ0n) is 20.5. The van der Waals surface area contributed by atoms with E-state index >= 15 is 0 Å². The first-order valence-electron chi connectivity index (χ1n) is 12.5. The van der Waals surface area contributed by atoms with Crippen molar-refractivity contribution in [3.63, 3.8) is 0 Å². The Morgan fingerprint density at radius 3 is 2.57 bits per heavy atom. The number of nitrogens with one attached hydrogen (secondary N) is 2. The highest BCUT2D eigenvalue weighted by molar-refractivity contribution is 7.98. The van der Waals surface area contributed by atoms with Gasteiger partial charge in [0.1, 0.15) is 0 Å². The Hall–Kier alpha value is -3.62. The molecule has 1 amide bonds. The van der Waals surface area contributed by atoms with E-state index in [1.807, 2.05) is 30.5 Å². The van der Waals surface area contributed by atoms with Crippen LogP contribution >= 0.6 is 11.8 Å². The van der Waals surface area contributed by atoms with Crippen LogP contribution in [0.3, 0.4) is 0 Å². The second-order valence-corrected chi connectivity index (χ2v) is 10.2. The number of rotatable bonds is 9. The van der Waals surface area contributed by atoms with Gasteiger partial charge in [0.05, 0.1) is 24.3 Å². The van der Waals surface area contributed by atoms with Crippen molar-refractivity contribution in [1.29, 1.82) is 0 Å². The van der Waals surface area contributed by atoms with Gasteiger partial charge in [0.2, 0.25) is 5.91 Å². The van der Waals surface area contributed by atoms with Crippen LogP contribution in [0.2, 0.25) is 0 Å². The maximum absolute atomic E-state index is 12.7. The average molecular weight is 515 g/mol. The third-order valence-corrected chi connectivity index (χ3v) is 7.81. The van der Waals surface area contributed by atoms with Crippen molar-refractivity contribution in [2.45, 2.75) is 36.8 Å². The lowest BCUT2D eigenvalue weighted by Gasteiger charge is -2.21. The summed E-state index contributed by atoms with van der Waals surface area (Å²) in [7, 11) is 0. The summed E-state index contributed by atoms with van der Waals surface area (Å²) in [5.74, 6) is -0.331. The van der Waals surface area contributed by atoms with E-state index in [0.29, 0.717) is 24.4 Å². The number of hydrogen-bond donors (Lipinski definition) is 3. The zero-order chi connectivity index (χ0) is 25.6. The molecule has 37 heavy (non-hydrogen) atoms. The van der Waals surface area contributed by atoms with Gasteiger partial charge in [-0.15, -0.1) is 0 Å². The molecule has 5 rings (SSSR count). The molecular formula is C29H30N4O3S. The number of carbonyl (C=O) groups excluding carboxylic acids is 1. The number of piperidine rings is 1. The van der Waals surface area contributed by atoms with Crippen molar-refractivity contribution >= 4 is 34.4 Å². The number of amides is 1. The predicted octanol–water partition coefficient (Wildman–Crippen LogP) is 4.69. The molecule has 0 atom stereocenters. The van der Waals surface area contributed by atoms with Crippen LogP contribution in [0.5, 0.6) is 0 Å². The van der Waals surface area contributed by atoms with Crippen LogP contribution in [0.25, 0.3) is 10.8 Å². The Kier molecular flexibility index (Phi) is 7.87. The number of benzene rings is 3. The normalized spacial score (nSPS) is 14.1. The predicted molar refractivity (Wildman–Crippen MR) is 146 cm³/mol. The van der Waals surface area contributed by atoms with E-state index in [1.54, 1.807) is 12.1 Å². The second-order valence-electron chi connectivity index (χ2n) is 9.27. The summed E-state index contributed by atoms with van der Waals surface area (Å²) in [6.45, 7) is 2.73. The highest BCUT2D eigenvalue weighted by Crippen LogP contribution is 2.27. The van der Waals surface area contributed by atoms with Gasteiger partial charge in [-0.05, 0) is 53.9 Å². The number of aromatic nitrogens is 2. The maximum Gasteiger partial charge on any atom is 0.335 e. The molecule has 1 fully saturated rings. The molecule has 3 N–H and O–H groups in total. The Morgan fingerprint density at radius 1 is 1.00 bits per heavy atom. The fourth-order valence-corrected chi connectivity index (χ4v) is 5.78. The quantitative estimate of drug-likeness (QED) is 0.281. The third-order valence-electron chi connectivity index (χ3n) is 6.77. The Labute approximate surface area is 220 Å². The molecule has 4 aromatic rings. The molecule has 0 unspecified atom stereocenters. The topological polar surface area (TPSA) is 96.2 Å². The molecule has 2 heterocycles. The van der Waals surface area contributed by atoms with Crippen molar-refractivity contribution in [2.75, 3.05) is 13.1 Å². The van der Waals surface area contributed by atoms with Gasteiger partial charge < -0.3 is 20.3 Å². The van der Waals surface area contributed by atoms with E-state index in [4.69, 9.17) is 4.98 Å². The Balaban J connectivity index is 1.38. The standard InChI is InChI=1S/C29H30N4O3S/c34-27(21-12-14-30-15-13-21)31-16-24-18-33(17-22-9-5-8-20-6-1-3-10-25(20)22)29(32-24)37-19-23-7-2-4-11-26(23)28(35)36/h1-11,18,21,30H,12-17,19H2,(H,31,34)(H,35,36). The van der Waals surface area contributed by atoms with Gasteiger partial charge in [-0.2, -0.15) is 0 Å². The number of carboxylic acid groups (broad SMARTS) is 1. The van der Waals surface area contributed by atoms with E-state index < -0.39 is 5.97 Å². The molecule has 3 aromatic carbocycles. The van der Waals surface area contributed by atoms with Gasteiger partial charge in [-0.1, -0.05) is 72.4 Å². The summed E-state index contributed by atoms with van der Waals surface area (Å²) in [5, 5.41) is 19.1. The van der Waals surface area contributed by atoms with Gasteiger partial charge in [0.15, 0.2) is 5.16 Å². The summed E-state index contributed by atoms with van der Waals surface area (Å²) < 4.78 is 2.10. The molecule has 190 valence electrons. The molecule has 1 aromatic heterocycles. The van der Waals surface area contributed by atoms with Gasteiger partial charge in [0, 0.05) is 17.9 Å². The van der Waals surface area contributed by atoms with Gasteiger partial charge in [-0.3, -0.25) is 4.79 Å². The largest absolute Gasteiger partial charge is 0.478 e. The maximum atomic E-state index is 12.7. The first kappa shape index (κ1) is 25.0. The minimum absolute atomic E-state index is 0.0420. The molecule has 8 heteroatoms. The van der Waals surface area contributed by atoms with E-state index in [9.17, 15) is 14.7 Å². The number of hydrogen-bond acceptors (Lipinski definition) is 5. The van der Waals surface area contributed by atoms with Crippen molar-refractivity contribution < 1.29 is 14.7 Å². The smallest absolute Gasteiger partial charge is 0.335 e. The summed E-state index contributed by atoms with van der Waals surface area (Å²) in [5.41, 5.74) is 3.02. The fraction of sp³-hybridized carbons (Fsp3) is 0.276. The summed E-state index contributed by atoms with van der Waals surface area (Å²) in [6.07, 6.45) is 3.70. The Bertz CT molecular complexity index is 1410. The zero-order valence-corrected chi connectivity index (χ0v) is 21.3. The molecule has 7 nitrogen and oxygen atoms in total. The van der Waals surface area contributed by atoms with Crippen LogP contribution in [-0.2, 0) is 23.6 Å². The number of carboxylic acids is 1. The first-order chi connectivity index (χ1) is 18.1. The molecular weight excluding hydrogens is 484 g/mol. The van der Waals surface area contributed by atoms with Crippen molar-refractivity contribution in [2.24, 2.45) is 5.92 Å². The van der Waals surface area contributed by atoms with Crippen molar-refractivity contribution in [3.8, 4) is 0 Å². The fourth-order valence-electron chi connectivity index (χ4n) is 4.78. The van der Waals surface area contributed by atoms with Crippen LogP contribution in [0.1, 0.15) is 40.0 Å². The first-order valence-corrected chi connectivity index (χ1v) is 13.5. The monoisotopic (exact) mass is 514 g/mol. The molecule has 1 saturated heterocycles. The Morgan fingerprint density at radius 2 is 1.73 bits per heavy atom. The van der Waals surface area contributed by atoms with E-state index in [-0.39, 0.29) is 11.8 Å². The van der Waals surface area contributed by atoms with Crippen LogP contribution in [0.4, 0.5) is 0 Å². The molecule has 0 aliphatic carbocycles. The molecule has 0 saturated carbocycles. The highest BCUT2D eigenvalue weighted by Gasteiger charge is 2.21. The minimum atomic E-state index is -0.934. The number of imidazole rings is 1. The third kappa shape index (κ3) is 6.03. The molecule has 1 aliphatic rings. The van der Waals surface area contributed by atoms with Gasteiger partial charge >= 0.3 is 5.97 Å². The van der Waals surface area contributed by atoms with Crippen LogP contribution in [0, 0.1) is 5.92 Å². The van der Waals surface area contributed by atoms with Gasteiger partial charge in [-0.25, -0.2) is 9.78 Å². The molecule has 0 radical (unpaired) electrons.